The number of methoxy groups -OCH3 is 1. The lowest BCUT2D eigenvalue weighted by atomic mass is 10.1. The molecule has 4 rings (SSSR count). The number of rotatable bonds is 4. The average molecular weight is 361 g/mol. The van der Waals surface area contributed by atoms with Crippen LogP contribution in [0.25, 0.3) is 21.8 Å². The maximum atomic E-state index is 7.70. The molecule has 0 spiro atoms. The van der Waals surface area contributed by atoms with Gasteiger partial charge in [-0.3, -0.25) is 17.1 Å². The first-order valence-corrected chi connectivity index (χ1v) is 8.49. The van der Waals surface area contributed by atoms with E-state index in [2.05, 4.69) is 52.7 Å². The predicted octanol–water partition coefficient (Wildman–Crippen LogP) is 2.95. The minimum Gasteiger partial charge on any atom is -0.497 e. The highest BCUT2D eigenvalue weighted by Gasteiger charge is 2.12. The van der Waals surface area contributed by atoms with Crippen molar-refractivity contribution in [3.63, 3.8) is 0 Å². The number of hydrogen-bond donors (Lipinski definition) is 4. The third kappa shape index (κ3) is 3.48. The zero-order valence-electron chi connectivity index (χ0n) is 15.1. The highest BCUT2D eigenvalue weighted by molar-refractivity contribution is 6.10. The topological polar surface area (TPSA) is 116 Å². The lowest BCUT2D eigenvalue weighted by Crippen LogP contribution is -2.10. The number of nitrogens with two attached hydrogens (primary N) is 3. The van der Waals surface area contributed by atoms with Gasteiger partial charge in [0.2, 0.25) is 0 Å². The molecule has 0 saturated carbocycles. The van der Waals surface area contributed by atoms with Gasteiger partial charge in [0.25, 0.3) is 0 Å². The third-order valence-corrected chi connectivity index (χ3v) is 4.58. The summed E-state index contributed by atoms with van der Waals surface area (Å²) in [4.78, 5) is 0. The van der Waals surface area contributed by atoms with Gasteiger partial charge in [0.15, 0.2) is 0 Å². The van der Waals surface area contributed by atoms with Crippen LogP contribution in [-0.2, 0) is 6.54 Å². The Morgan fingerprint density at radius 1 is 0.926 bits per heavy atom. The smallest absolute Gasteiger partial charge is 0.122 e. The number of aromatic nitrogens is 1. The molecule has 0 amide bonds. The monoisotopic (exact) mass is 361 g/mol. The number of ether oxygens (including phenoxy) is 1. The zero-order chi connectivity index (χ0) is 19.4. The summed E-state index contributed by atoms with van der Waals surface area (Å²) in [5, 5.41) is 10.00. The molecule has 3 aromatic carbocycles. The third-order valence-electron chi connectivity index (χ3n) is 4.58. The van der Waals surface area contributed by atoms with E-state index in [1.165, 1.54) is 16.5 Å². The van der Waals surface area contributed by atoms with Crippen molar-refractivity contribution in [2.24, 2.45) is 17.4 Å². The molecular weight excluding hydrogens is 338 g/mol. The summed E-state index contributed by atoms with van der Waals surface area (Å²) < 4.78 is 7.54. The van der Waals surface area contributed by atoms with Crippen molar-refractivity contribution in [3.05, 3.63) is 77.9 Å². The summed E-state index contributed by atoms with van der Waals surface area (Å²) >= 11 is 0. The molecule has 0 fully saturated rings. The summed E-state index contributed by atoms with van der Waals surface area (Å²) in [5.74, 6) is 8.95. The van der Waals surface area contributed by atoms with E-state index in [9.17, 15) is 0 Å². The van der Waals surface area contributed by atoms with Crippen LogP contribution in [0.3, 0.4) is 0 Å². The number of para-hydroxylation sites is 1. The minimum atomic E-state index is 0.0916. The number of amidine groups is 1. The fourth-order valence-corrected chi connectivity index (χ4v) is 3.31. The summed E-state index contributed by atoms with van der Waals surface area (Å²) in [6, 6.07) is 22.4. The molecule has 0 saturated heterocycles. The van der Waals surface area contributed by atoms with Gasteiger partial charge in [-0.1, -0.05) is 30.3 Å². The summed E-state index contributed by atoms with van der Waals surface area (Å²) in [7, 11) is 1.68. The molecule has 0 bridgehead atoms. The number of hydrogen-bond acceptors (Lipinski definition) is 4. The SMILES string of the molecule is COc1ccc(Cn2c3ccccc3c3cc(C(=N)N)ccc32)cc1.NN. The van der Waals surface area contributed by atoms with E-state index in [1.54, 1.807) is 7.11 Å². The second kappa shape index (κ2) is 7.90. The lowest BCUT2D eigenvalue weighted by Gasteiger charge is -2.09. The summed E-state index contributed by atoms with van der Waals surface area (Å²) in [6.45, 7) is 0.771. The van der Waals surface area contributed by atoms with Gasteiger partial charge in [-0.25, -0.2) is 0 Å². The molecule has 4 aromatic rings. The van der Waals surface area contributed by atoms with Crippen LogP contribution in [0.15, 0.2) is 66.7 Å². The molecule has 138 valence electrons. The Balaban J connectivity index is 0.00000102. The van der Waals surface area contributed by atoms with E-state index in [4.69, 9.17) is 15.9 Å². The Bertz CT molecular complexity index is 1080. The normalized spacial score (nSPS) is 10.5. The van der Waals surface area contributed by atoms with Gasteiger partial charge >= 0.3 is 0 Å². The Morgan fingerprint density at radius 2 is 1.59 bits per heavy atom. The molecule has 1 heterocycles. The van der Waals surface area contributed by atoms with Gasteiger partial charge in [0, 0.05) is 33.9 Å². The molecule has 0 aliphatic heterocycles. The number of fused-ring (bicyclic) bond motifs is 3. The highest BCUT2D eigenvalue weighted by atomic mass is 16.5. The molecule has 0 aliphatic carbocycles. The number of nitrogens with zero attached hydrogens (tertiary/aromatic N) is 1. The van der Waals surface area contributed by atoms with Crippen LogP contribution in [0.1, 0.15) is 11.1 Å². The number of benzene rings is 3. The molecule has 0 aliphatic rings. The van der Waals surface area contributed by atoms with Crippen LogP contribution in [0.2, 0.25) is 0 Å². The number of nitrogens with one attached hydrogen (secondary N) is 1. The number of nitrogen functional groups attached to an aromatic ring is 1. The maximum absolute atomic E-state index is 7.70. The summed E-state index contributed by atoms with van der Waals surface area (Å²) in [5.41, 5.74) is 9.94. The van der Waals surface area contributed by atoms with Crippen molar-refractivity contribution in [3.8, 4) is 5.75 Å². The van der Waals surface area contributed by atoms with E-state index in [0.717, 1.165) is 28.8 Å². The van der Waals surface area contributed by atoms with Crippen LogP contribution in [-0.4, -0.2) is 17.5 Å². The van der Waals surface area contributed by atoms with E-state index < -0.39 is 0 Å². The molecule has 0 atom stereocenters. The molecule has 1 aromatic heterocycles. The van der Waals surface area contributed by atoms with E-state index in [-0.39, 0.29) is 5.84 Å². The van der Waals surface area contributed by atoms with Crippen LogP contribution < -0.4 is 22.2 Å². The van der Waals surface area contributed by atoms with Crippen molar-refractivity contribution in [2.75, 3.05) is 7.11 Å². The van der Waals surface area contributed by atoms with Gasteiger partial charge in [-0.2, -0.15) is 0 Å². The molecule has 6 nitrogen and oxygen atoms in total. The van der Waals surface area contributed by atoms with Crippen LogP contribution in [0.4, 0.5) is 0 Å². The minimum absolute atomic E-state index is 0.0916. The Kier molecular flexibility index (Phi) is 5.40. The van der Waals surface area contributed by atoms with Crippen molar-refractivity contribution in [2.45, 2.75) is 6.54 Å². The van der Waals surface area contributed by atoms with E-state index in [1.807, 2.05) is 30.3 Å². The van der Waals surface area contributed by atoms with E-state index in [0.29, 0.717) is 0 Å². The van der Waals surface area contributed by atoms with Gasteiger partial charge in [-0.15, -0.1) is 0 Å². The van der Waals surface area contributed by atoms with Gasteiger partial charge < -0.3 is 15.0 Å². The Labute approximate surface area is 157 Å². The number of hydrazine groups is 1. The van der Waals surface area contributed by atoms with Gasteiger partial charge in [0.05, 0.1) is 7.11 Å². The quantitative estimate of drug-likeness (QED) is 0.193. The average Bonchev–Trinajstić information content (AvgIpc) is 3.03. The van der Waals surface area contributed by atoms with Gasteiger partial charge in [-0.05, 0) is 42.0 Å². The van der Waals surface area contributed by atoms with Gasteiger partial charge in [0.1, 0.15) is 11.6 Å². The second-order valence-corrected chi connectivity index (χ2v) is 6.10. The van der Waals surface area contributed by atoms with Crippen molar-refractivity contribution in [1.29, 1.82) is 5.41 Å². The molecule has 6 heteroatoms. The zero-order valence-corrected chi connectivity index (χ0v) is 15.1. The largest absolute Gasteiger partial charge is 0.497 e. The highest BCUT2D eigenvalue weighted by Crippen LogP contribution is 2.30. The van der Waals surface area contributed by atoms with Crippen LogP contribution in [0, 0.1) is 5.41 Å². The first-order chi connectivity index (χ1) is 13.2. The second-order valence-electron chi connectivity index (χ2n) is 6.10. The first-order valence-electron chi connectivity index (χ1n) is 8.49. The first kappa shape index (κ1) is 18.4. The maximum Gasteiger partial charge on any atom is 0.122 e. The molecular formula is C21H23N5O. The van der Waals surface area contributed by atoms with Crippen molar-refractivity contribution in [1.82, 2.24) is 4.57 Å². The molecule has 7 N–H and O–H groups in total. The fourth-order valence-electron chi connectivity index (χ4n) is 3.31. The molecule has 27 heavy (non-hydrogen) atoms. The summed E-state index contributed by atoms with van der Waals surface area (Å²) in [6.07, 6.45) is 0. The van der Waals surface area contributed by atoms with Crippen LogP contribution in [0.5, 0.6) is 5.75 Å². The fraction of sp³-hybridized carbons (Fsp3) is 0.0952. The van der Waals surface area contributed by atoms with E-state index >= 15 is 0 Å². The predicted molar refractivity (Wildman–Crippen MR) is 111 cm³/mol. The molecule has 0 radical (unpaired) electrons. The van der Waals surface area contributed by atoms with Crippen molar-refractivity contribution < 1.29 is 4.74 Å². The Hall–Kier alpha value is -3.35. The molecule has 0 unspecified atom stereocenters. The standard InChI is InChI=1S/C21H19N3O.H4N2/c1-25-16-9-6-14(7-10-16)13-24-19-5-3-2-4-17(19)18-12-15(21(22)23)8-11-20(18)24;1-2/h2-12H,13H2,1H3,(H3,22,23);1-2H2. The Morgan fingerprint density at radius 3 is 2.26 bits per heavy atom. The van der Waals surface area contributed by atoms with Crippen molar-refractivity contribution >= 4 is 27.6 Å². The van der Waals surface area contributed by atoms with Crippen LogP contribution >= 0.6 is 0 Å². The lowest BCUT2D eigenvalue weighted by molar-refractivity contribution is 0.414.